The molecule has 3 rings (SSSR count). The van der Waals surface area contributed by atoms with Crippen molar-refractivity contribution in [3.8, 4) is 22.6 Å². The van der Waals surface area contributed by atoms with Crippen LogP contribution in [0.4, 0.5) is 0 Å². The van der Waals surface area contributed by atoms with Gasteiger partial charge in [0.25, 0.3) is 0 Å². The Hall–Kier alpha value is -1.96. The summed E-state index contributed by atoms with van der Waals surface area (Å²) in [4.78, 5) is 0. The Morgan fingerprint density at radius 2 is 1.86 bits per heavy atom. The minimum Gasteiger partial charge on any atom is -0.508 e. The van der Waals surface area contributed by atoms with E-state index in [9.17, 15) is 5.11 Å². The molecule has 0 bridgehead atoms. The van der Waals surface area contributed by atoms with Gasteiger partial charge in [-0.2, -0.15) is 0 Å². The fourth-order valence-corrected chi connectivity index (χ4v) is 2.99. The van der Waals surface area contributed by atoms with Gasteiger partial charge < -0.3 is 9.84 Å². The van der Waals surface area contributed by atoms with Crippen LogP contribution in [0.5, 0.6) is 11.5 Å². The number of phenols is 1. The quantitative estimate of drug-likeness (QED) is 0.816. The summed E-state index contributed by atoms with van der Waals surface area (Å²) in [6.45, 7) is 8.57. The van der Waals surface area contributed by atoms with Crippen LogP contribution in [-0.4, -0.2) is 10.7 Å². The molecular weight excluding hydrogens is 272 g/mol. The van der Waals surface area contributed by atoms with E-state index >= 15 is 0 Å². The van der Waals surface area contributed by atoms with Crippen molar-refractivity contribution < 1.29 is 9.84 Å². The van der Waals surface area contributed by atoms with Crippen LogP contribution >= 0.6 is 0 Å². The lowest BCUT2D eigenvalue weighted by Gasteiger charge is -2.33. The standard InChI is InChI=1S/C20H24O2/c1-13(2)14-6-5-7-15(10-14)16-11-18(21)17-8-9-20(3,4)22-19(17)12-16/h5-7,10-13,21H,8-9H2,1-4H3. The smallest absolute Gasteiger partial charge is 0.127 e. The number of benzene rings is 2. The highest BCUT2D eigenvalue weighted by atomic mass is 16.5. The molecule has 0 fully saturated rings. The molecule has 1 heterocycles. The Balaban J connectivity index is 2.06. The van der Waals surface area contributed by atoms with Crippen molar-refractivity contribution in [2.24, 2.45) is 0 Å². The second kappa shape index (κ2) is 5.35. The van der Waals surface area contributed by atoms with Crippen LogP contribution in [0.3, 0.4) is 0 Å². The SMILES string of the molecule is CC(C)c1cccc(-c2cc(O)c3c(c2)OC(C)(C)CC3)c1. The third kappa shape index (κ3) is 2.83. The lowest BCUT2D eigenvalue weighted by molar-refractivity contribution is 0.0838. The van der Waals surface area contributed by atoms with E-state index in [0.29, 0.717) is 11.7 Å². The molecule has 22 heavy (non-hydrogen) atoms. The second-order valence-corrected chi connectivity index (χ2v) is 7.11. The van der Waals surface area contributed by atoms with Crippen molar-refractivity contribution in [1.29, 1.82) is 0 Å². The Bertz CT molecular complexity index is 699. The van der Waals surface area contributed by atoms with E-state index in [4.69, 9.17) is 4.74 Å². The van der Waals surface area contributed by atoms with Gasteiger partial charge in [-0.1, -0.05) is 38.1 Å². The number of ether oxygens (including phenoxy) is 1. The van der Waals surface area contributed by atoms with E-state index in [2.05, 4.69) is 58.0 Å². The lowest BCUT2D eigenvalue weighted by atomic mass is 9.91. The van der Waals surface area contributed by atoms with Crippen molar-refractivity contribution >= 4 is 0 Å². The second-order valence-electron chi connectivity index (χ2n) is 7.11. The van der Waals surface area contributed by atoms with Crippen molar-refractivity contribution in [2.45, 2.75) is 52.1 Å². The van der Waals surface area contributed by atoms with Gasteiger partial charge in [0.15, 0.2) is 0 Å². The maximum atomic E-state index is 10.4. The summed E-state index contributed by atoms with van der Waals surface area (Å²) >= 11 is 0. The number of hydrogen-bond donors (Lipinski definition) is 1. The van der Waals surface area contributed by atoms with Gasteiger partial charge in [-0.25, -0.2) is 0 Å². The molecule has 0 saturated carbocycles. The molecule has 2 aromatic carbocycles. The lowest BCUT2D eigenvalue weighted by Crippen LogP contribution is -2.32. The molecule has 1 aliphatic rings. The average molecular weight is 296 g/mol. The summed E-state index contributed by atoms with van der Waals surface area (Å²) in [6.07, 6.45) is 1.79. The van der Waals surface area contributed by atoms with Crippen LogP contribution in [0, 0.1) is 0 Å². The van der Waals surface area contributed by atoms with Gasteiger partial charge in [0.1, 0.15) is 17.1 Å². The number of fused-ring (bicyclic) bond motifs is 1. The molecule has 2 aromatic rings. The highest BCUT2D eigenvalue weighted by Gasteiger charge is 2.28. The van der Waals surface area contributed by atoms with E-state index in [0.717, 1.165) is 35.3 Å². The Kier molecular flexibility index (Phi) is 3.64. The van der Waals surface area contributed by atoms with Crippen molar-refractivity contribution in [1.82, 2.24) is 0 Å². The van der Waals surface area contributed by atoms with E-state index < -0.39 is 0 Å². The molecule has 0 spiro atoms. The fraction of sp³-hybridized carbons (Fsp3) is 0.400. The van der Waals surface area contributed by atoms with Crippen LogP contribution in [0.25, 0.3) is 11.1 Å². The van der Waals surface area contributed by atoms with Gasteiger partial charge in [0, 0.05) is 5.56 Å². The molecule has 2 heteroatoms. The molecule has 0 atom stereocenters. The summed E-state index contributed by atoms with van der Waals surface area (Å²) in [5.41, 5.74) is 4.20. The topological polar surface area (TPSA) is 29.5 Å². The molecule has 0 aliphatic carbocycles. The summed E-state index contributed by atoms with van der Waals surface area (Å²) in [5, 5.41) is 10.4. The van der Waals surface area contributed by atoms with E-state index in [1.807, 2.05) is 6.07 Å². The normalized spacial score (nSPS) is 16.2. The average Bonchev–Trinajstić information content (AvgIpc) is 2.45. The Labute approximate surface area is 132 Å². The molecule has 116 valence electrons. The van der Waals surface area contributed by atoms with Gasteiger partial charge >= 0.3 is 0 Å². The molecule has 1 aliphatic heterocycles. The Morgan fingerprint density at radius 3 is 2.59 bits per heavy atom. The highest BCUT2D eigenvalue weighted by Crippen LogP contribution is 2.41. The first-order valence-electron chi connectivity index (χ1n) is 8.01. The maximum absolute atomic E-state index is 10.4. The first kappa shape index (κ1) is 15.0. The van der Waals surface area contributed by atoms with Crippen LogP contribution in [-0.2, 0) is 6.42 Å². The minimum absolute atomic E-state index is 0.169. The Morgan fingerprint density at radius 1 is 1.09 bits per heavy atom. The van der Waals surface area contributed by atoms with Crippen molar-refractivity contribution in [2.75, 3.05) is 0 Å². The third-order valence-electron chi connectivity index (χ3n) is 4.44. The zero-order valence-electron chi connectivity index (χ0n) is 13.8. The number of aromatic hydroxyl groups is 1. The predicted octanol–water partition coefficient (Wildman–Crippen LogP) is 5.29. The van der Waals surface area contributed by atoms with Gasteiger partial charge in [0.2, 0.25) is 0 Å². The van der Waals surface area contributed by atoms with Gasteiger partial charge in [-0.15, -0.1) is 0 Å². The predicted molar refractivity (Wildman–Crippen MR) is 90.7 cm³/mol. The molecule has 0 saturated heterocycles. The molecule has 1 N–H and O–H groups in total. The fourth-order valence-electron chi connectivity index (χ4n) is 2.99. The van der Waals surface area contributed by atoms with Crippen molar-refractivity contribution in [3.63, 3.8) is 0 Å². The monoisotopic (exact) mass is 296 g/mol. The molecule has 0 amide bonds. The van der Waals surface area contributed by atoms with Gasteiger partial charge in [0.05, 0.1) is 0 Å². The zero-order valence-corrected chi connectivity index (χ0v) is 13.8. The van der Waals surface area contributed by atoms with Crippen LogP contribution < -0.4 is 4.74 Å². The van der Waals surface area contributed by atoms with E-state index in [-0.39, 0.29) is 5.60 Å². The van der Waals surface area contributed by atoms with E-state index in [1.54, 1.807) is 0 Å². The molecular formula is C20H24O2. The summed E-state index contributed by atoms with van der Waals surface area (Å²) in [7, 11) is 0. The van der Waals surface area contributed by atoms with Crippen LogP contribution in [0.2, 0.25) is 0 Å². The number of phenolic OH excluding ortho intramolecular Hbond substituents is 1. The minimum atomic E-state index is -0.169. The largest absolute Gasteiger partial charge is 0.508 e. The molecule has 0 radical (unpaired) electrons. The zero-order chi connectivity index (χ0) is 15.9. The van der Waals surface area contributed by atoms with E-state index in [1.165, 1.54) is 5.56 Å². The van der Waals surface area contributed by atoms with Crippen LogP contribution in [0.15, 0.2) is 36.4 Å². The summed E-state index contributed by atoms with van der Waals surface area (Å²) < 4.78 is 6.08. The maximum Gasteiger partial charge on any atom is 0.127 e. The molecule has 0 unspecified atom stereocenters. The van der Waals surface area contributed by atoms with Crippen LogP contribution in [0.1, 0.15) is 51.2 Å². The highest BCUT2D eigenvalue weighted by molar-refractivity contribution is 5.70. The first-order valence-corrected chi connectivity index (χ1v) is 8.01. The van der Waals surface area contributed by atoms with Gasteiger partial charge in [-0.05, 0) is 61.4 Å². The summed E-state index contributed by atoms with van der Waals surface area (Å²) in [5.74, 6) is 1.65. The molecule has 0 aromatic heterocycles. The van der Waals surface area contributed by atoms with Crippen molar-refractivity contribution in [3.05, 3.63) is 47.5 Å². The number of rotatable bonds is 2. The first-order chi connectivity index (χ1) is 10.4. The molecule has 2 nitrogen and oxygen atoms in total. The summed E-state index contributed by atoms with van der Waals surface area (Å²) in [6, 6.07) is 12.4. The third-order valence-corrected chi connectivity index (χ3v) is 4.44. The van der Waals surface area contributed by atoms with Gasteiger partial charge in [-0.3, -0.25) is 0 Å². The number of hydrogen-bond acceptors (Lipinski definition) is 2.